The number of aliphatic hydroxyl groups is 1. The van der Waals surface area contributed by atoms with E-state index in [1.807, 2.05) is 11.8 Å². The van der Waals surface area contributed by atoms with E-state index in [0.717, 1.165) is 21.0 Å². The number of carbonyl (C=O) groups excluding carboxylic acids is 1. The second-order valence-corrected chi connectivity index (χ2v) is 9.84. The molecule has 11 heteroatoms. The lowest BCUT2D eigenvalue weighted by molar-refractivity contribution is -0.273. The van der Waals surface area contributed by atoms with Crippen LogP contribution in [0, 0.1) is 0 Å². The maximum Gasteiger partial charge on any atom is 0.315 e. The molecule has 0 atom stereocenters. The first-order valence-electron chi connectivity index (χ1n) is 6.31. The van der Waals surface area contributed by atoms with Gasteiger partial charge >= 0.3 is 5.97 Å². The summed E-state index contributed by atoms with van der Waals surface area (Å²) in [7, 11) is 0. The fourth-order valence-corrected chi connectivity index (χ4v) is 5.77. The maximum absolute atomic E-state index is 11.3. The highest BCUT2D eigenvalue weighted by Crippen LogP contribution is 2.21. The molecule has 0 saturated carbocycles. The summed E-state index contributed by atoms with van der Waals surface area (Å²) in [5.74, 6) is 2.09. The van der Waals surface area contributed by atoms with Crippen molar-refractivity contribution in [3.8, 4) is 0 Å². The van der Waals surface area contributed by atoms with Gasteiger partial charge < -0.3 is 9.84 Å². The van der Waals surface area contributed by atoms with Crippen LogP contribution in [0.2, 0.25) is 0 Å². The third-order valence-corrected chi connectivity index (χ3v) is 7.39. The number of carbonyl (C=O) groups is 1. The molecular formula is C11H22O5S6. The molecule has 0 unspecified atom stereocenters. The van der Waals surface area contributed by atoms with Crippen molar-refractivity contribution in [2.75, 3.05) is 57.6 Å². The molecule has 0 aromatic carbocycles. The molecule has 0 radical (unpaired) electrons. The molecule has 0 aliphatic heterocycles. The maximum atomic E-state index is 11.3. The molecule has 0 aromatic rings. The zero-order valence-electron chi connectivity index (χ0n) is 12.1. The van der Waals surface area contributed by atoms with Crippen molar-refractivity contribution < 1.29 is 24.4 Å². The molecule has 0 bridgehead atoms. The largest absolute Gasteiger partial charge is 0.464 e. The van der Waals surface area contributed by atoms with E-state index in [0.29, 0.717) is 24.7 Å². The minimum absolute atomic E-state index is 0.0648. The highest BCUT2D eigenvalue weighted by atomic mass is 32.2. The van der Waals surface area contributed by atoms with Gasteiger partial charge in [0.1, 0.15) is 12.5 Å². The van der Waals surface area contributed by atoms with Gasteiger partial charge in [-0.3, -0.25) is 4.79 Å². The van der Waals surface area contributed by atoms with Crippen LogP contribution in [0.25, 0.3) is 0 Å². The molecule has 0 spiro atoms. The van der Waals surface area contributed by atoms with Crippen LogP contribution in [0.15, 0.2) is 0 Å². The Morgan fingerprint density at radius 1 is 0.909 bits per heavy atom. The number of esters is 1. The van der Waals surface area contributed by atoms with Gasteiger partial charge in [0.15, 0.2) is 0 Å². The van der Waals surface area contributed by atoms with Crippen LogP contribution >= 0.6 is 71.4 Å². The number of hydrogen-bond acceptors (Lipinski definition) is 11. The number of rotatable bonds is 17. The van der Waals surface area contributed by atoms with Gasteiger partial charge in [-0.25, -0.2) is 9.78 Å². The topological polar surface area (TPSA) is 65.0 Å². The summed E-state index contributed by atoms with van der Waals surface area (Å²) >= 11 is 12.2. The minimum Gasteiger partial charge on any atom is -0.464 e. The van der Waals surface area contributed by atoms with E-state index >= 15 is 0 Å². The van der Waals surface area contributed by atoms with Crippen molar-refractivity contribution >= 4 is 77.4 Å². The third-order valence-electron chi connectivity index (χ3n) is 1.75. The molecule has 132 valence electrons. The second-order valence-electron chi connectivity index (χ2n) is 3.35. The first-order chi connectivity index (χ1) is 10.8. The van der Waals surface area contributed by atoms with E-state index < -0.39 is 0 Å². The van der Waals surface area contributed by atoms with Crippen molar-refractivity contribution in [2.24, 2.45) is 0 Å². The summed E-state index contributed by atoms with van der Waals surface area (Å²) in [6.07, 6.45) is 0. The molecule has 0 aliphatic rings. The van der Waals surface area contributed by atoms with Crippen LogP contribution in [0.5, 0.6) is 0 Å². The first-order valence-corrected chi connectivity index (χ1v) is 12.7. The van der Waals surface area contributed by atoms with E-state index in [4.69, 9.17) is 14.7 Å². The van der Waals surface area contributed by atoms with Crippen molar-refractivity contribution in [3.05, 3.63) is 0 Å². The van der Waals surface area contributed by atoms with E-state index in [1.165, 1.54) is 11.8 Å². The summed E-state index contributed by atoms with van der Waals surface area (Å²) in [5.41, 5.74) is 0. The lowest BCUT2D eigenvalue weighted by Gasteiger charge is -2.04. The lowest BCUT2D eigenvalue weighted by Crippen LogP contribution is -2.10. The minimum atomic E-state index is -0.184. The highest BCUT2D eigenvalue weighted by molar-refractivity contribution is 8.26. The van der Waals surface area contributed by atoms with Crippen molar-refractivity contribution in [3.63, 3.8) is 0 Å². The molecule has 0 fully saturated rings. The molecule has 0 saturated heterocycles. The smallest absolute Gasteiger partial charge is 0.315 e. The van der Waals surface area contributed by atoms with Gasteiger partial charge in [-0.05, 0) is 0 Å². The average Bonchev–Trinajstić information content (AvgIpc) is 2.52. The highest BCUT2D eigenvalue weighted by Gasteiger charge is 2.02. The Labute approximate surface area is 158 Å². The number of thiol groups is 1. The Morgan fingerprint density at radius 3 is 2.32 bits per heavy atom. The number of thioether (sulfide) groups is 5. The Balaban J connectivity index is 3.08. The Morgan fingerprint density at radius 2 is 1.59 bits per heavy atom. The van der Waals surface area contributed by atoms with Gasteiger partial charge in [0.2, 0.25) is 0 Å². The summed E-state index contributed by atoms with van der Waals surface area (Å²) in [6, 6.07) is 0. The molecule has 5 nitrogen and oxygen atoms in total. The zero-order valence-corrected chi connectivity index (χ0v) is 17.1. The number of aliphatic hydroxyl groups excluding tert-OH is 1. The predicted octanol–water partition coefficient (Wildman–Crippen LogP) is 2.85. The fraction of sp³-hybridized carbons (Fsp3) is 0.909. The van der Waals surface area contributed by atoms with Crippen LogP contribution in [-0.2, 0) is 19.3 Å². The molecule has 0 aliphatic carbocycles. The second kappa shape index (κ2) is 20.5. The normalized spacial score (nSPS) is 10.8. The van der Waals surface area contributed by atoms with E-state index in [2.05, 4.69) is 17.5 Å². The molecule has 22 heavy (non-hydrogen) atoms. The van der Waals surface area contributed by atoms with Crippen LogP contribution in [-0.4, -0.2) is 68.7 Å². The van der Waals surface area contributed by atoms with Gasteiger partial charge in [-0.1, -0.05) is 0 Å². The zero-order chi connectivity index (χ0) is 16.3. The summed E-state index contributed by atoms with van der Waals surface area (Å²) < 4.78 is 5.01. The van der Waals surface area contributed by atoms with Crippen molar-refractivity contribution in [1.82, 2.24) is 0 Å². The molecule has 0 rings (SSSR count). The van der Waals surface area contributed by atoms with Gasteiger partial charge in [0, 0.05) is 26.8 Å². The lowest BCUT2D eigenvalue weighted by atomic mass is 10.8. The fourth-order valence-electron chi connectivity index (χ4n) is 0.939. The third kappa shape index (κ3) is 19.5. The van der Waals surface area contributed by atoms with E-state index in [-0.39, 0.29) is 17.8 Å². The summed E-state index contributed by atoms with van der Waals surface area (Å²) in [6.45, 7) is 0.946. The number of ether oxygens (including phenoxy) is 1. The molecule has 0 amide bonds. The molecule has 1 N–H and O–H groups in total. The predicted molar refractivity (Wildman–Crippen MR) is 106 cm³/mol. The van der Waals surface area contributed by atoms with Crippen LogP contribution in [0.4, 0.5) is 0 Å². The van der Waals surface area contributed by atoms with Crippen LogP contribution < -0.4 is 0 Å². The van der Waals surface area contributed by atoms with Crippen LogP contribution in [0.1, 0.15) is 0 Å². The van der Waals surface area contributed by atoms with Gasteiger partial charge in [0.25, 0.3) is 0 Å². The number of hydrogen-bond donors (Lipinski definition) is 2. The Hall–Kier alpha value is 1.45. The Bertz CT molecular complexity index is 249. The van der Waals surface area contributed by atoms with Crippen molar-refractivity contribution in [2.45, 2.75) is 0 Å². The molecular weight excluding hydrogens is 405 g/mol. The molecule has 0 heterocycles. The standard InChI is InChI=1S/C11H22O5S6/c12-6-18-3-1-14-11(13)5-20-9-22-10-21-8-19-4-2-15-16-7-17/h12,17H,1-10H2. The van der Waals surface area contributed by atoms with Gasteiger partial charge in [0.05, 0.1) is 18.3 Å². The van der Waals surface area contributed by atoms with Crippen LogP contribution in [0.3, 0.4) is 0 Å². The monoisotopic (exact) mass is 426 g/mol. The molecule has 0 aromatic heterocycles. The SMILES string of the molecule is O=C(CSCSCSCSCCOOCS)OCCSCO. The van der Waals surface area contributed by atoms with E-state index in [9.17, 15) is 4.79 Å². The first kappa shape index (κ1) is 23.4. The van der Waals surface area contributed by atoms with Gasteiger partial charge in [-0.15, -0.1) is 71.4 Å². The Kier molecular flexibility index (Phi) is 21.8. The van der Waals surface area contributed by atoms with Gasteiger partial charge in [-0.2, -0.15) is 0 Å². The van der Waals surface area contributed by atoms with Crippen molar-refractivity contribution in [1.29, 1.82) is 0 Å². The average molecular weight is 427 g/mol. The van der Waals surface area contributed by atoms with E-state index in [1.54, 1.807) is 35.3 Å². The summed E-state index contributed by atoms with van der Waals surface area (Å²) in [4.78, 5) is 20.8. The quantitative estimate of drug-likeness (QED) is 0.0906. The summed E-state index contributed by atoms with van der Waals surface area (Å²) in [5, 5.41) is 11.5.